The van der Waals surface area contributed by atoms with Crippen LogP contribution in [0.15, 0.2) is 24.3 Å². The molecule has 0 spiro atoms. The van der Waals surface area contributed by atoms with Crippen molar-refractivity contribution in [1.29, 1.82) is 0 Å². The van der Waals surface area contributed by atoms with Gasteiger partial charge in [-0.05, 0) is 49.8 Å². The molecule has 27 heavy (non-hydrogen) atoms. The summed E-state index contributed by atoms with van der Waals surface area (Å²) in [6.07, 6.45) is 5.15. The summed E-state index contributed by atoms with van der Waals surface area (Å²) in [6.45, 7) is 2.90. The molecule has 2 aliphatic rings. The summed E-state index contributed by atoms with van der Waals surface area (Å²) in [6, 6.07) is 7.24. The van der Waals surface area contributed by atoms with Crippen LogP contribution in [0.1, 0.15) is 36.0 Å². The van der Waals surface area contributed by atoms with Gasteiger partial charge in [-0.25, -0.2) is 13.1 Å². The summed E-state index contributed by atoms with van der Waals surface area (Å²) < 4.78 is 36.5. The van der Waals surface area contributed by atoms with Crippen molar-refractivity contribution in [3.05, 3.63) is 29.8 Å². The maximum Gasteiger partial charge on any atom is 0.253 e. The number of nitrogens with zero attached hydrogens (tertiary/aromatic N) is 1. The largest absolute Gasteiger partial charge is 0.491 e. The Labute approximate surface area is 161 Å². The maximum atomic E-state index is 12.9. The molecule has 0 bridgehead atoms. The minimum absolute atomic E-state index is 0.0402. The first-order valence-corrected chi connectivity index (χ1v) is 11.4. The lowest BCUT2D eigenvalue weighted by Gasteiger charge is -2.33. The third-order valence-corrected chi connectivity index (χ3v) is 5.67. The highest BCUT2D eigenvalue weighted by Crippen LogP contribution is 2.21. The highest BCUT2D eigenvalue weighted by molar-refractivity contribution is 7.88. The first-order chi connectivity index (χ1) is 12.9. The standard InChI is InChI=1S/C19H28N2O5S/c1-27(23,24)20-12-15-5-3-9-21(13-15)19(22)16-6-2-7-17(11-16)26-14-18-8-4-10-25-18/h2,6-7,11,15,18,20H,3-5,8-10,12-14H2,1H3/t15-,18-/m1/s1. The van der Waals surface area contributed by atoms with Gasteiger partial charge in [0.15, 0.2) is 0 Å². The van der Waals surface area contributed by atoms with Gasteiger partial charge in [0, 0.05) is 31.8 Å². The van der Waals surface area contributed by atoms with E-state index in [-0.39, 0.29) is 17.9 Å². The van der Waals surface area contributed by atoms with E-state index in [2.05, 4.69) is 4.72 Å². The van der Waals surface area contributed by atoms with Crippen molar-refractivity contribution in [2.24, 2.45) is 5.92 Å². The van der Waals surface area contributed by atoms with Crippen LogP contribution < -0.4 is 9.46 Å². The van der Waals surface area contributed by atoms with Crippen LogP contribution >= 0.6 is 0 Å². The zero-order chi connectivity index (χ0) is 19.3. The Balaban J connectivity index is 1.56. The van der Waals surface area contributed by atoms with E-state index >= 15 is 0 Å². The normalized spacial score (nSPS) is 23.4. The van der Waals surface area contributed by atoms with Crippen LogP contribution in [-0.4, -0.2) is 64.4 Å². The molecule has 1 N–H and O–H groups in total. The lowest BCUT2D eigenvalue weighted by atomic mass is 9.97. The quantitative estimate of drug-likeness (QED) is 0.757. The van der Waals surface area contributed by atoms with E-state index in [1.54, 1.807) is 17.0 Å². The number of benzene rings is 1. The van der Waals surface area contributed by atoms with Crippen LogP contribution in [0.2, 0.25) is 0 Å². The molecular formula is C19H28N2O5S. The van der Waals surface area contributed by atoms with Crippen molar-refractivity contribution in [3.8, 4) is 5.75 Å². The van der Waals surface area contributed by atoms with Crippen LogP contribution in [0.5, 0.6) is 5.75 Å². The number of nitrogens with one attached hydrogen (secondary N) is 1. The zero-order valence-electron chi connectivity index (χ0n) is 15.7. The van der Waals surface area contributed by atoms with Gasteiger partial charge in [0.1, 0.15) is 12.4 Å². The number of likely N-dealkylation sites (tertiary alicyclic amines) is 1. The Morgan fingerprint density at radius 1 is 1.33 bits per heavy atom. The second kappa shape index (κ2) is 9.03. The third kappa shape index (κ3) is 6.19. The van der Waals surface area contributed by atoms with Crippen molar-refractivity contribution in [2.45, 2.75) is 31.8 Å². The SMILES string of the molecule is CS(=O)(=O)NC[C@H]1CCCN(C(=O)c2cccc(OC[C@H]3CCCO3)c2)C1. The van der Waals surface area contributed by atoms with Gasteiger partial charge in [0.2, 0.25) is 10.0 Å². The molecule has 2 heterocycles. The molecule has 2 fully saturated rings. The first-order valence-electron chi connectivity index (χ1n) is 9.49. The van der Waals surface area contributed by atoms with Gasteiger partial charge in [0.25, 0.3) is 5.91 Å². The Bertz CT molecular complexity index is 746. The molecule has 1 aromatic carbocycles. The summed E-state index contributed by atoms with van der Waals surface area (Å²) in [7, 11) is -3.21. The van der Waals surface area contributed by atoms with Gasteiger partial charge in [0.05, 0.1) is 12.4 Å². The average molecular weight is 397 g/mol. The Morgan fingerprint density at radius 3 is 2.93 bits per heavy atom. The molecule has 3 rings (SSSR count). The van der Waals surface area contributed by atoms with E-state index in [1.165, 1.54) is 0 Å². The number of rotatable bonds is 7. The monoisotopic (exact) mass is 396 g/mol. The molecule has 1 aromatic rings. The van der Waals surface area contributed by atoms with Crippen molar-refractivity contribution < 1.29 is 22.7 Å². The van der Waals surface area contributed by atoms with Gasteiger partial charge in [-0.1, -0.05) is 6.07 Å². The van der Waals surface area contributed by atoms with Crippen LogP contribution in [0.3, 0.4) is 0 Å². The fraction of sp³-hybridized carbons (Fsp3) is 0.632. The summed E-state index contributed by atoms with van der Waals surface area (Å²) in [5, 5.41) is 0. The van der Waals surface area contributed by atoms with Crippen molar-refractivity contribution in [3.63, 3.8) is 0 Å². The zero-order valence-corrected chi connectivity index (χ0v) is 16.5. The number of amides is 1. The van der Waals surface area contributed by atoms with Gasteiger partial charge in [-0.2, -0.15) is 0 Å². The van der Waals surface area contributed by atoms with Crippen LogP contribution in [0, 0.1) is 5.92 Å². The second-order valence-electron chi connectivity index (χ2n) is 7.35. The molecule has 8 heteroatoms. The molecule has 0 unspecified atom stereocenters. The molecule has 0 radical (unpaired) electrons. The van der Waals surface area contributed by atoms with E-state index in [1.807, 2.05) is 12.1 Å². The van der Waals surface area contributed by atoms with Crippen LogP contribution in [0.4, 0.5) is 0 Å². The smallest absolute Gasteiger partial charge is 0.253 e. The van der Waals surface area contributed by atoms with Crippen molar-refractivity contribution >= 4 is 15.9 Å². The highest BCUT2D eigenvalue weighted by Gasteiger charge is 2.25. The van der Waals surface area contributed by atoms with Gasteiger partial charge >= 0.3 is 0 Å². The number of carbonyl (C=O) groups excluding carboxylic acids is 1. The third-order valence-electron chi connectivity index (χ3n) is 4.98. The number of carbonyl (C=O) groups is 1. The summed E-state index contributed by atoms with van der Waals surface area (Å²) in [5.41, 5.74) is 0.594. The van der Waals surface area contributed by atoms with E-state index < -0.39 is 10.0 Å². The van der Waals surface area contributed by atoms with Gasteiger partial charge in [-0.3, -0.25) is 4.79 Å². The molecule has 150 valence electrons. The van der Waals surface area contributed by atoms with E-state index in [9.17, 15) is 13.2 Å². The first kappa shape index (κ1) is 20.1. The second-order valence-corrected chi connectivity index (χ2v) is 9.19. The number of piperidine rings is 1. The Morgan fingerprint density at radius 2 is 2.19 bits per heavy atom. The average Bonchev–Trinajstić information content (AvgIpc) is 3.18. The fourth-order valence-corrected chi connectivity index (χ4v) is 4.09. The number of hydrogen-bond acceptors (Lipinski definition) is 5. The fourth-order valence-electron chi connectivity index (χ4n) is 3.55. The van der Waals surface area contributed by atoms with E-state index in [0.29, 0.717) is 37.6 Å². The molecule has 0 aliphatic carbocycles. The summed E-state index contributed by atoms with van der Waals surface area (Å²) >= 11 is 0. The minimum Gasteiger partial charge on any atom is -0.491 e. The van der Waals surface area contributed by atoms with E-state index in [4.69, 9.17) is 9.47 Å². The molecule has 2 aliphatic heterocycles. The predicted molar refractivity (Wildman–Crippen MR) is 102 cm³/mol. The van der Waals surface area contributed by atoms with Crippen LogP contribution in [0.25, 0.3) is 0 Å². The molecule has 1 amide bonds. The molecule has 2 saturated heterocycles. The van der Waals surface area contributed by atoms with Gasteiger partial charge in [-0.15, -0.1) is 0 Å². The Hall–Kier alpha value is -1.64. The Kier molecular flexibility index (Phi) is 6.73. The maximum absolute atomic E-state index is 12.9. The van der Waals surface area contributed by atoms with Crippen LogP contribution in [-0.2, 0) is 14.8 Å². The number of ether oxygens (including phenoxy) is 2. The molecule has 7 nitrogen and oxygen atoms in total. The topological polar surface area (TPSA) is 84.9 Å². The summed E-state index contributed by atoms with van der Waals surface area (Å²) in [5.74, 6) is 0.765. The molecular weight excluding hydrogens is 368 g/mol. The van der Waals surface area contributed by atoms with Crippen molar-refractivity contribution in [2.75, 3.05) is 39.1 Å². The molecule has 0 saturated carbocycles. The minimum atomic E-state index is -3.21. The predicted octanol–water partition coefficient (Wildman–Crippen LogP) is 1.65. The lowest BCUT2D eigenvalue weighted by Crippen LogP contribution is -2.43. The number of sulfonamides is 1. The molecule has 2 atom stereocenters. The lowest BCUT2D eigenvalue weighted by molar-refractivity contribution is 0.0664. The van der Waals surface area contributed by atoms with E-state index in [0.717, 1.165) is 38.5 Å². The van der Waals surface area contributed by atoms with Crippen molar-refractivity contribution in [1.82, 2.24) is 9.62 Å². The number of hydrogen-bond donors (Lipinski definition) is 1. The molecule has 0 aromatic heterocycles. The summed E-state index contributed by atoms with van der Waals surface area (Å²) in [4.78, 5) is 14.7. The van der Waals surface area contributed by atoms with Gasteiger partial charge < -0.3 is 14.4 Å². The highest BCUT2D eigenvalue weighted by atomic mass is 32.2.